The highest BCUT2D eigenvalue weighted by molar-refractivity contribution is 5.79. The molecule has 0 bridgehead atoms. The number of aliphatic hydroxyl groups is 1. The summed E-state index contributed by atoms with van der Waals surface area (Å²) >= 11 is 0. The average Bonchev–Trinajstić information content (AvgIpc) is 3.18. The van der Waals surface area contributed by atoms with Crippen molar-refractivity contribution in [1.82, 2.24) is 19.9 Å². The average molecular weight is 330 g/mol. The molecule has 3 aromatic heterocycles. The number of hydrogen-bond acceptors (Lipinski definition) is 5. The first-order chi connectivity index (χ1) is 11.5. The maximum atomic E-state index is 12.2. The van der Waals surface area contributed by atoms with E-state index in [9.17, 15) is 14.7 Å². The van der Waals surface area contributed by atoms with Gasteiger partial charge in [0.1, 0.15) is 11.9 Å². The minimum absolute atomic E-state index is 0.0560. The van der Waals surface area contributed by atoms with Crippen LogP contribution >= 0.6 is 0 Å². The van der Waals surface area contributed by atoms with Crippen molar-refractivity contribution in [2.24, 2.45) is 0 Å². The Balaban J connectivity index is 1.72. The van der Waals surface area contributed by atoms with Crippen molar-refractivity contribution in [3.63, 3.8) is 0 Å². The van der Waals surface area contributed by atoms with Crippen molar-refractivity contribution in [3.05, 3.63) is 57.5 Å². The van der Waals surface area contributed by atoms with E-state index in [1.165, 1.54) is 12.3 Å². The largest absolute Gasteiger partial charge is 0.467 e. The Morgan fingerprint density at radius 3 is 3.00 bits per heavy atom. The van der Waals surface area contributed by atoms with Crippen LogP contribution in [0.1, 0.15) is 28.8 Å². The summed E-state index contributed by atoms with van der Waals surface area (Å²) < 4.78 is 6.65. The smallest absolute Gasteiger partial charge is 0.266 e. The highest BCUT2D eigenvalue weighted by Crippen LogP contribution is 2.15. The number of aromatic nitrogens is 3. The van der Waals surface area contributed by atoms with E-state index in [1.807, 2.05) is 6.92 Å². The van der Waals surface area contributed by atoms with Gasteiger partial charge in [0.05, 0.1) is 19.2 Å². The first kappa shape index (κ1) is 16.0. The molecule has 0 aliphatic rings. The van der Waals surface area contributed by atoms with Crippen LogP contribution in [0.5, 0.6) is 0 Å². The zero-order valence-corrected chi connectivity index (χ0v) is 13.4. The van der Waals surface area contributed by atoms with Crippen LogP contribution in [0.3, 0.4) is 0 Å². The van der Waals surface area contributed by atoms with E-state index in [4.69, 9.17) is 4.42 Å². The lowest BCUT2D eigenvalue weighted by Gasteiger charge is -2.13. The van der Waals surface area contributed by atoms with Gasteiger partial charge in [0.15, 0.2) is 5.65 Å². The zero-order chi connectivity index (χ0) is 17.3. The van der Waals surface area contributed by atoms with Gasteiger partial charge >= 0.3 is 0 Å². The molecule has 8 heteroatoms. The topological polar surface area (TPSA) is 113 Å². The quantitative estimate of drug-likeness (QED) is 0.635. The molecule has 1 unspecified atom stereocenters. The molecular formula is C16H18N4O4. The van der Waals surface area contributed by atoms with E-state index < -0.39 is 6.10 Å². The van der Waals surface area contributed by atoms with Crippen molar-refractivity contribution in [1.29, 1.82) is 0 Å². The van der Waals surface area contributed by atoms with Crippen molar-refractivity contribution in [2.45, 2.75) is 26.4 Å². The lowest BCUT2D eigenvalue weighted by molar-refractivity contribution is -0.121. The van der Waals surface area contributed by atoms with Crippen LogP contribution in [0.4, 0.5) is 0 Å². The number of furan rings is 1. The van der Waals surface area contributed by atoms with Crippen molar-refractivity contribution in [2.75, 3.05) is 6.54 Å². The summed E-state index contributed by atoms with van der Waals surface area (Å²) in [5.74, 6) is 0.151. The van der Waals surface area contributed by atoms with Gasteiger partial charge in [-0.05, 0) is 26.0 Å². The number of nitrogens with one attached hydrogen (secondary N) is 2. The zero-order valence-electron chi connectivity index (χ0n) is 13.4. The Morgan fingerprint density at radius 2 is 2.29 bits per heavy atom. The lowest BCUT2D eigenvalue weighted by atomic mass is 10.1. The fourth-order valence-electron chi connectivity index (χ4n) is 2.63. The van der Waals surface area contributed by atoms with Gasteiger partial charge in [-0.1, -0.05) is 0 Å². The standard InChI is InChI=1S/C16H18N4O4/c1-9-11(10(2)20-14(18-9)7-16(23)19-20)6-15(22)17-8-12(21)13-4-3-5-24-13/h3-5,7,12,21H,6,8H2,1-2H3,(H,17,22)(H,19,23). The van der Waals surface area contributed by atoms with E-state index in [0.717, 1.165) is 11.3 Å². The molecule has 0 fully saturated rings. The Bertz CT molecular complexity index is 924. The van der Waals surface area contributed by atoms with Gasteiger partial charge in [0, 0.05) is 23.0 Å². The predicted octanol–water partition coefficient (Wildman–Crippen LogP) is 0.625. The minimum atomic E-state index is -0.896. The normalized spacial score (nSPS) is 12.5. The molecule has 3 aromatic rings. The van der Waals surface area contributed by atoms with Crippen LogP contribution in [-0.4, -0.2) is 32.2 Å². The molecule has 0 radical (unpaired) electrons. The molecular weight excluding hydrogens is 312 g/mol. The summed E-state index contributed by atoms with van der Waals surface area (Å²) in [6.45, 7) is 3.67. The van der Waals surface area contributed by atoms with Gasteiger partial charge in [-0.3, -0.25) is 14.7 Å². The number of carbonyl (C=O) groups excluding carboxylic acids is 1. The second kappa shape index (κ2) is 6.32. The van der Waals surface area contributed by atoms with Crippen molar-refractivity contribution in [3.8, 4) is 0 Å². The number of nitrogens with zero attached hydrogens (tertiary/aromatic N) is 2. The maximum Gasteiger partial charge on any atom is 0.266 e. The van der Waals surface area contributed by atoms with Crippen LogP contribution in [0.15, 0.2) is 33.7 Å². The molecule has 0 aliphatic heterocycles. The van der Waals surface area contributed by atoms with Gasteiger partial charge in [0.2, 0.25) is 5.91 Å². The molecule has 3 heterocycles. The van der Waals surface area contributed by atoms with Crippen LogP contribution in [0.25, 0.3) is 5.65 Å². The first-order valence-corrected chi connectivity index (χ1v) is 7.51. The van der Waals surface area contributed by atoms with Gasteiger partial charge in [-0.15, -0.1) is 0 Å². The number of aryl methyl sites for hydroxylation is 2. The highest BCUT2D eigenvalue weighted by atomic mass is 16.4. The summed E-state index contributed by atoms with van der Waals surface area (Å²) in [6.07, 6.45) is 0.671. The third-order valence-electron chi connectivity index (χ3n) is 3.90. The summed E-state index contributed by atoms with van der Waals surface area (Å²) in [4.78, 5) is 27.9. The molecule has 1 amide bonds. The lowest BCUT2D eigenvalue weighted by Crippen LogP contribution is -2.30. The number of rotatable bonds is 5. The molecule has 1 atom stereocenters. The number of H-pyrrole nitrogens is 1. The molecule has 0 spiro atoms. The summed E-state index contributed by atoms with van der Waals surface area (Å²) in [7, 11) is 0. The summed E-state index contributed by atoms with van der Waals surface area (Å²) in [5.41, 5.74) is 2.45. The number of aliphatic hydroxyl groups excluding tert-OH is 1. The molecule has 0 aromatic carbocycles. The Labute approximate surface area is 137 Å². The second-order valence-electron chi connectivity index (χ2n) is 5.59. The third kappa shape index (κ3) is 3.09. The number of fused-ring (bicyclic) bond motifs is 1. The fourth-order valence-corrected chi connectivity index (χ4v) is 2.63. The second-order valence-corrected chi connectivity index (χ2v) is 5.59. The third-order valence-corrected chi connectivity index (χ3v) is 3.90. The molecule has 0 aliphatic carbocycles. The molecule has 8 nitrogen and oxygen atoms in total. The van der Waals surface area contributed by atoms with Crippen LogP contribution in [0.2, 0.25) is 0 Å². The predicted molar refractivity (Wildman–Crippen MR) is 85.7 cm³/mol. The van der Waals surface area contributed by atoms with E-state index >= 15 is 0 Å². The molecule has 24 heavy (non-hydrogen) atoms. The maximum absolute atomic E-state index is 12.2. The monoisotopic (exact) mass is 330 g/mol. The van der Waals surface area contributed by atoms with Gasteiger partial charge in [-0.2, -0.15) is 0 Å². The summed E-state index contributed by atoms with van der Waals surface area (Å²) in [6, 6.07) is 4.72. The number of amides is 1. The van der Waals surface area contributed by atoms with Crippen LogP contribution in [0, 0.1) is 13.8 Å². The molecule has 126 valence electrons. The van der Waals surface area contributed by atoms with Gasteiger partial charge < -0.3 is 14.8 Å². The van der Waals surface area contributed by atoms with E-state index in [1.54, 1.807) is 23.6 Å². The van der Waals surface area contributed by atoms with Crippen molar-refractivity contribution < 1.29 is 14.3 Å². The summed E-state index contributed by atoms with van der Waals surface area (Å²) in [5, 5.41) is 15.2. The Hall–Kier alpha value is -2.87. The Kier molecular flexibility index (Phi) is 4.22. The SMILES string of the molecule is Cc1nc2cc(=O)[nH]n2c(C)c1CC(=O)NCC(O)c1ccco1. The number of carbonyl (C=O) groups is 1. The van der Waals surface area contributed by atoms with Crippen LogP contribution in [-0.2, 0) is 11.2 Å². The number of hydrogen-bond donors (Lipinski definition) is 3. The van der Waals surface area contributed by atoms with Gasteiger partial charge in [-0.25, -0.2) is 9.50 Å². The van der Waals surface area contributed by atoms with E-state index in [2.05, 4.69) is 15.4 Å². The first-order valence-electron chi connectivity index (χ1n) is 7.51. The molecule has 3 N–H and O–H groups in total. The fraction of sp³-hybridized carbons (Fsp3) is 0.312. The van der Waals surface area contributed by atoms with Gasteiger partial charge in [0.25, 0.3) is 5.56 Å². The Morgan fingerprint density at radius 1 is 1.50 bits per heavy atom. The molecule has 0 saturated heterocycles. The minimum Gasteiger partial charge on any atom is -0.467 e. The van der Waals surface area contributed by atoms with E-state index in [-0.39, 0.29) is 24.4 Å². The van der Waals surface area contributed by atoms with Crippen molar-refractivity contribution >= 4 is 11.6 Å². The van der Waals surface area contributed by atoms with E-state index in [0.29, 0.717) is 17.1 Å². The highest BCUT2D eigenvalue weighted by Gasteiger charge is 2.16. The number of aromatic amines is 1. The van der Waals surface area contributed by atoms with Crippen LogP contribution < -0.4 is 10.9 Å². The molecule has 0 saturated carbocycles. The molecule has 3 rings (SSSR count).